The second kappa shape index (κ2) is 4.45. The summed E-state index contributed by atoms with van der Waals surface area (Å²) >= 11 is 1.49. The van der Waals surface area contributed by atoms with Gasteiger partial charge in [-0.2, -0.15) is 4.37 Å². The van der Waals surface area contributed by atoms with E-state index in [4.69, 9.17) is 5.73 Å². The molecule has 2 N–H and O–H groups in total. The van der Waals surface area contributed by atoms with Crippen LogP contribution in [0.15, 0.2) is 0 Å². The van der Waals surface area contributed by atoms with Crippen molar-refractivity contribution >= 4 is 16.7 Å². The van der Waals surface area contributed by atoms with Crippen molar-refractivity contribution in [3.8, 4) is 0 Å². The number of nitrogens with zero attached hydrogens (tertiary/aromatic N) is 3. The van der Waals surface area contributed by atoms with Crippen LogP contribution >= 0.6 is 11.5 Å². The lowest BCUT2D eigenvalue weighted by Gasteiger charge is -2.34. The van der Waals surface area contributed by atoms with Crippen LogP contribution in [-0.4, -0.2) is 28.5 Å². The van der Waals surface area contributed by atoms with Crippen molar-refractivity contribution in [2.24, 2.45) is 11.7 Å². The number of hydrogen-bond donors (Lipinski definition) is 1. The molecule has 0 saturated carbocycles. The van der Waals surface area contributed by atoms with Gasteiger partial charge in [-0.3, -0.25) is 0 Å². The molecule has 2 atom stereocenters. The van der Waals surface area contributed by atoms with E-state index in [1.807, 2.05) is 0 Å². The number of aromatic nitrogens is 2. The fraction of sp³-hybridized carbons (Fsp3) is 0.800. The SMILES string of the molecule is CCc1nsc(N2CC(C)CC(N)C2)n1. The van der Waals surface area contributed by atoms with E-state index >= 15 is 0 Å². The number of rotatable bonds is 2. The first-order valence-corrected chi connectivity index (χ1v) is 6.29. The van der Waals surface area contributed by atoms with Crippen LogP contribution in [0.3, 0.4) is 0 Å². The Hall–Kier alpha value is -0.680. The van der Waals surface area contributed by atoms with E-state index in [2.05, 4.69) is 28.1 Å². The highest BCUT2D eigenvalue weighted by molar-refractivity contribution is 7.09. The Morgan fingerprint density at radius 1 is 1.53 bits per heavy atom. The lowest BCUT2D eigenvalue weighted by molar-refractivity contribution is 0.401. The molecule has 2 heterocycles. The molecule has 0 amide bonds. The summed E-state index contributed by atoms with van der Waals surface area (Å²) in [6.45, 7) is 6.30. The second-order valence-electron chi connectivity index (χ2n) is 4.35. The third-order valence-corrected chi connectivity index (χ3v) is 3.55. The summed E-state index contributed by atoms with van der Waals surface area (Å²) in [4.78, 5) is 6.77. The predicted octanol–water partition coefficient (Wildman–Crippen LogP) is 1.27. The number of anilines is 1. The second-order valence-corrected chi connectivity index (χ2v) is 5.08. The normalized spacial score (nSPS) is 27.0. The van der Waals surface area contributed by atoms with E-state index in [1.54, 1.807) is 0 Å². The van der Waals surface area contributed by atoms with Crippen LogP contribution < -0.4 is 10.6 Å². The summed E-state index contributed by atoms with van der Waals surface area (Å²) in [5, 5.41) is 1.04. The van der Waals surface area contributed by atoms with Crippen molar-refractivity contribution in [1.29, 1.82) is 0 Å². The van der Waals surface area contributed by atoms with Gasteiger partial charge in [0.15, 0.2) is 0 Å². The Kier molecular flexibility index (Phi) is 3.21. The zero-order valence-electron chi connectivity index (χ0n) is 9.31. The van der Waals surface area contributed by atoms with Crippen molar-refractivity contribution in [2.45, 2.75) is 32.7 Å². The van der Waals surface area contributed by atoms with Gasteiger partial charge < -0.3 is 10.6 Å². The standard InChI is InChI=1S/C10H18N4S/c1-3-9-12-10(15-13-9)14-5-7(2)4-8(11)6-14/h7-8H,3-6,11H2,1-2H3. The predicted molar refractivity (Wildman–Crippen MR) is 63.3 cm³/mol. The summed E-state index contributed by atoms with van der Waals surface area (Å²) in [5.41, 5.74) is 6.01. The van der Waals surface area contributed by atoms with Gasteiger partial charge in [-0.25, -0.2) is 4.98 Å². The molecule has 1 aromatic rings. The minimum Gasteiger partial charge on any atom is -0.345 e. The molecule has 1 aliphatic rings. The van der Waals surface area contributed by atoms with Crippen molar-refractivity contribution in [2.75, 3.05) is 18.0 Å². The van der Waals surface area contributed by atoms with Gasteiger partial charge in [0, 0.05) is 37.1 Å². The summed E-state index contributed by atoms with van der Waals surface area (Å²) < 4.78 is 4.31. The fourth-order valence-corrected chi connectivity index (χ4v) is 2.84. The van der Waals surface area contributed by atoms with Crippen molar-refractivity contribution in [3.63, 3.8) is 0 Å². The molecule has 15 heavy (non-hydrogen) atoms. The topological polar surface area (TPSA) is 55.0 Å². The Morgan fingerprint density at radius 3 is 2.93 bits per heavy atom. The van der Waals surface area contributed by atoms with Crippen LogP contribution in [0.4, 0.5) is 5.13 Å². The van der Waals surface area contributed by atoms with Gasteiger partial charge in [-0.15, -0.1) is 0 Å². The van der Waals surface area contributed by atoms with E-state index in [-0.39, 0.29) is 6.04 Å². The summed E-state index contributed by atoms with van der Waals surface area (Å²) in [6, 6.07) is 0.280. The quantitative estimate of drug-likeness (QED) is 0.825. The summed E-state index contributed by atoms with van der Waals surface area (Å²) in [5.74, 6) is 1.60. The Labute approximate surface area is 94.7 Å². The monoisotopic (exact) mass is 226 g/mol. The Bertz CT molecular complexity index is 315. The van der Waals surface area contributed by atoms with Gasteiger partial charge in [0.2, 0.25) is 5.13 Å². The highest BCUT2D eigenvalue weighted by atomic mass is 32.1. The van der Waals surface area contributed by atoms with Crippen LogP contribution in [0, 0.1) is 5.92 Å². The van der Waals surface area contributed by atoms with Crippen LogP contribution in [-0.2, 0) is 6.42 Å². The van der Waals surface area contributed by atoms with Crippen molar-refractivity contribution in [1.82, 2.24) is 9.36 Å². The molecule has 1 fully saturated rings. The Morgan fingerprint density at radius 2 is 2.33 bits per heavy atom. The fourth-order valence-electron chi connectivity index (χ4n) is 2.07. The molecule has 5 heteroatoms. The van der Waals surface area contributed by atoms with E-state index in [1.165, 1.54) is 11.5 Å². The molecule has 84 valence electrons. The third kappa shape index (κ3) is 2.46. The highest BCUT2D eigenvalue weighted by Crippen LogP contribution is 2.23. The molecule has 1 aliphatic heterocycles. The minimum atomic E-state index is 0.280. The van der Waals surface area contributed by atoms with Gasteiger partial charge in [-0.05, 0) is 12.3 Å². The molecule has 0 bridgehead atoms. The lowest BCUT2D eigenvalue weighted by atomic mass is 9.97. The molecule has 2 unspecified atom stereocenters. The third-order valence-electron chi connectivity index (χ3n) is 2.74. The first-order chi connectivity index (χ1) is 7.19. The molecule has 1 saturated heterocycles. The maximum atomic E-state index is 6.01. The number of aryl methyl sites for hydroxylation is 1. The van der Waals surface area contributed by atoms with Crippen LogP contribution in [0.1, 0.15) is 26.1 Å². The van der Waals surface area contributed by atoms with Crippen LogP contribution in [0.25, 0.3) is 0 Å². The van der Waals surface area contributed by atoms with Gasteiger partial charge >= 0.3 is 0 Å². The van der Waals surface area contributed by atoms with E-state index in [9.17, 15) is 0 Å². The van der Waals surface area contributed by atoms with Crippen LogP contribution in [0.2, 0.25) is 0 Å². The van der Waals surface area contributed by atoms with Gasteiger partial charge in [0.05, 0.1) is 0 Å². The molecule has 4 nitrogen and oxygen atoms in total. The largest absolute Gasteiger partial charge is 0.345 e. The van der Waals surface area contributed by atoms with Gasteiger partial charge in [-0.1, -0.05) is 13.8 Å². The highest BCUT2D eigenvalue weighted by Gasteiger charge is 2.24. The van der Waals surface area contributed by atoms with E-state index in [0.29, 0.717) is 5.92 Å². The number of nitrogens with two attached hydrogens (primary N) is 1. The maximum Gasteiger partial charge on any atom is 0.205 e. The molecule has 1 aromatic heterocycles. The maximum absolute atomic E-state index is 6.01. The molecular formula is C10H18N4S. The Balaban J connectivity index is 2.09. The van der Waals surface area contributed by atoms with E-state index < -0.39 is 0 Å². The molecule has 0 aliphatic carbocycles. The molecule has 0 radical (unpaired) electrons. The summed E-state index contributed by atoms with van der Waals surface area (Å²) in [6.07, 6.45) is 2.03. The number of piperidine rings is 1. The molecule has 0 aromatic carbocycles. The van der Waals surface area contributed by atoms with Crippen molar-refractivity contribution < 1.29 is 0 Å². The summed E-state index contributed by atoms with van der Waals surface area (Å²) in [7, 11) is 0. The first-order valence-electron chi connectivity index (χ1n) is 5.52. The van der Waals surface area contributed by atoms with Crippen molar-refractivity contribution in [3.05, 3.63) is 5.82 Å². The van der Waals surface area contributed by atoms with Crippen LogP contribution in [0.5, 0.6) is 0 Å². The average Bonchev–Trinajstić information content (AvgIpc) is 2.64. The first kappa shape index (κ1) is 10.8. The zero-order valence-corrected chi connectivity index (χ0v) is 10.1. The molecular weight excluding hydrogens is 208 g/mol. The number of hydrogen-bond acceptors (Lipinski definition) is 5. The smallest absolute Gasteiger partial charge is 0.205 e. The molecule has 0 spiro atoms. The minimum absolute atomic E-state index is 0.280. The zero-order chi connectivity index (χ0) is 10.8. The van der Waals surface area contributed by atoms with E-state index in [0.717, 1.165) is 36.9 Å². The van der Waals surface area contributed by atoms with Gasteiger partial charge in [0.1, 0.15) is 5.82 Å². The average molecular weight is 226 g/mol. The molecule has 2 rings (SSSR count). The lowest BCUT2D eigenvalue weighted by Crippen LogP contribution is -2.46. The van der Waals surface area contributed by atoms with Gasteiger partial charge in [0.25, 0.3) is 0 Å².